The van der Waals surface area contributed by atoms with Crippen LogP contribution in [-0.4, -0.2) is 60.8 Å². The number of hydrogen-bond acceptors (Lipinski definition) is 8. The van der Waals surface area contributed by atoms with E-state index in [1.165, 1.54) is 6.42 Å². The van der Waals surface area contributed by atoms with E-state index in [-0.39, 0.29) is 50.2 Å². The summed E-state index contributed by atoms with van der Waals surface area (Å²) in [5.41, 5.74) is 0.777. The second kappa shape index (κ2) is 14.5. The zero-order chi connectivity index (χ0) is 28.7. The zero-order valence-electron chi connectivity index (χ0n) is 23.4. The monoisotopic (exact) mass is 599 g/mol. The molecule has 4 rings (SSSR count). The molecule has 10 nitrogen and oxygen atoms in total. The summed E-state index contributed by atoms with van der Waals surface area (Å²) in [6, 6.07) is 5.68. The smallest absolute Gasteiger partial charge is 0.407 e. The van der Waals surface area contributed by atoms with Gasteiger partial charge in [-0.25, -0.2) is 4.79 Å². The van der Waals surface area contributed by atoms with Crippen LogP contribution in [-0.2, 0) is 29.8 Å². The van der Waals surface area contributed by atoms with Crippen LogP contribution in [0, 0.1) is 17.8 Å². The van der Waals surface area contributed by atoms with Gasteiger partial charge in [-0.05, 0) is 50.3 Å². The molecular weight excluding hydrogens is 557 g/mol. The number of fused-ring (bicyclic) bond motifs is 1. The van der Waals surface area contributed by atoms with Gasteiger partial charge in [0.2, 0.25) is 5.91 Å². The normalized spacial score (nSPS) is 26.9. The fraction of sp³-hybridized carbons (Fsp3) is 0.714. The number of aliphatic hydroxyl groups excluding tert-OH is 1. The van der Waals surface area contributed by atoms with E-state index in [4.69, 9.17) is 25.4 Å². The minimum Gasteiger partial charge on any atom is -0.445 e. The van der Waals surface area contributed by atoms with Crippen LogP contribution < -0.4 is 16.0 Å². The summed E-state index contributed by atoms with van der Waals surface area (Å²) < 4.78 is 29.9. The predicted molar refractivity (Wildman–Crippen MR) is 152 cm³/mol. The standard InChI is InChI=1S/C28H43ClN3O7P/c1-3-38-40(36,39-4-2)27(34)24-15-21-22(16-30-26(21)33)25(31-24)23(14-18-9-6-5-7-10-18)32-28(35)37-17-19-11-8-12-20(29)13-19/h8,11-13,18,21-25,27,31,34H,3-7,9-10,14-17H2,1-2H3,(H,30,33)(H,32,35). The quantitative estimate of drug-likeness (QED) is 0.256. The van der Waals surface area contributed by atoms with Crippen molar-refractivity contribution in [3.8, 4) is 0 Å². The van der Waals surface area contributed by atoms with Gasteiger partial charge >= 0.3 is 13.7 Å². The number of aliphatic hydroxyl groups is 1. The molecule has 6 atom stereocenters. The first kappa shape index (κ1) is 31.3. The molecule has 224 valence electrons. The van der Waals surface area contributed by atoms with E-state index < -0.39 is 31.5 Å². The fourth-order valence-electron chi connectivity index (χ4n) is 6.50. The van der Waals surface area contributed by atoms with Gasteiger partial charge < -0.3 is 34.8 Å². The highest BCUT2D eigenvalue weighted by atomic mass is 35.5. The van der Waals surface area contributed by atoms with Crippen molar-refractivity contribution in [1.82, 2.24) is 16.0 Å². The van der Waals surface area contributed by atoms with Crippen LogP contribution in [0.25, 0.3) is 0 Å². The lowest BCUT2D eigenvalue weighted by Crippen LogP contribution is -2.63. The predicted octanol–water partition coefficient (Wildman–Crippen LogP) is 4.58. The van der Waals surface area contributed by atoms with Crippen LogP contribution >= 0.6 is 19.2 Å². The Morgan fingerprint density at radius 1 is 1.20 bits per heavy atom. The van der Waals surface area contributed by atoms with Crippen LogP contribution in [0.5, 0.6) is 0 Å². The maximum absolute atomic E-state index is 13.5. The molecule has 0 radical (unpaired) electrons. The third-order valence-corrected chi connectivity index (χ3v) is 10.8. The molecule has 40 heavy (non-hydrogen) atoms. The summed E-state index contributed by atoms with van der Waals surface area (Å²) in [5, 5.41) is 21.4. The number of carbonyl (C=O) groups excluding carboxylic acids is 2. The number of nitrogens with one attached hydrogen (secondary N) is 3. The number of benzene rings is 1. The molecule has 1 aliphatic carbocycles. The van der Waals surface area contributed by atoms with Crippen molar-refractivity contribution in [2.24, 2.45) is 17.8 Å². The number of halogens is 1. The molecule has 1 saturated carbocycles. The maximum Gasteiger partial charge on any atom is 0.407 e. The lowest BCUT2D eigenvalue weighted by atomic mass is 9.74. The summed E-state index contributed by atoms with van der Waals surface area (Å²) >= 11 is 6.07. The Balaban J connectivity index is 1.55. The highest BCUT2D eigenvalue weighted by Gasteiger charge is 2.52. The molecule has 2 amide bonds. The Morgan fingerprint density at radius 2 is 1.93 bits per heavy atom. The molecule has 2 aliphatic heterocycles. The number of carbonyl (C=O) groups is 2. The number of piperidine rings is 1. The van der Waals surface area contributed by atoms with Gasteiger partial charge in [0.1, 0.15) is 6.61 Å². The average molecular weight is 600 g/mol. The van der Waals surface area contributed by atoms with Crippen molar-refractivity contribution in [2.75, 3.05) is 19.8 Å². The third-order valence-electron chi connectivity index (χ3n) is 8.35. The summed E-state index contributed by atoms with van der Waals surface area (Å²) in [7, 11) is -3.86. The van der Waals surface area contributed by atoms with E-state index in [1.54, 1.807) is 32.0 Å². The Hall–Kier alpha value is -1.68. The number of alkyl carbamates (subject to hydrolysis) is 1. The summed E-state index contributed by atoms with van der Waals surface area (Å²) in [6.45, 7) is 4.13. The molecule has 12 heteroatoms. The second-order valence-corrected chi connectivity index (χ2v) is 13.6. The molecule has 0 spiro atoms. The topological polar surface area (TPSA) is 135 Å². The van der Waals surface area contributed by atoms with Crippen molar-refractivity contribution in [3.63, 3.8) is 0 Å². The van der Waals surface area contributed by atoms with Crippen molar-refractivity contribution >= 4 is 31.2 Å². The Bertz CT molecular complexity index is 1050. The van der Waals surface area contributed by atoms with Gasteiger partial charge in [-0.15, -0.1) is 0 Å². The van der Waals surface area contributed by atoms with Crippen LogP contribution in [0.3, 0.4) is 0 Å². The van der Waals surface area contributed by atoms with Gasteiger partial charge in [0.15, 0.2) is 5.85 Å². The van der Waals surface area contributed by atoms with Crippen molar-refractivity contribution < 1.29 is 33.0 Å². The second-order valence-electron chi connectivity index (χ2n) is 11.0. The average Bonchev–Trinajstić information content (AvgIpc) is 3.32. The van der Waals surface area contributed by atoms with E-state index >= 15 is 0 Å². The summed E-state index contributed by atoms with van der Waals surface area (Å²) in [4.78, 5) is 26.0. The number of ether oxygens (including phenoxy) is 1. The SMILES string of the molecule is CCOP(=O)(OCC)C(O)C1CC2C(=O)NCC2C(C(CC2CCCCC2)NC(=O)OCc2cccc(Cl)c2)N1. The lowest BCUT2D eigenvalue weighted by Gasteiger charge is -2.45. The number of hydrogen-bond donors (Lipinski definition) is 4. The van der Waals surface area contributed by atoms with E-state index in [0.717, 1.165) is 31.2 Å². The fourth-order valence-corrected chi connectivity index (χ4v) is 8.46. The van der Waals surface area contributed by atoms with Crippen LogP contribution in [0.1, 0.15) is 64.4 Å². The minimum atomic E-state index is -3.86. The number of rotatable bonds is 12. The van der Waals surface area contributed by atoms with Crippen LogP contribution in [0.2, 0.25) is 5.02 Å². The highest BCUT2D eigenvalue weighted by molar-refractivity contribution is 7.54. The van der Waals surface area contributed by atoms with Crippen molar-refractivity contribution in [2.45, 2.75) is 89.4 Å². The molecule has 2 saturated heterocycles. The summed E-state index contributed by atoms with van der Waals surface area (Å²) in [5.74, 6) is -1.66. The molecule has 6 unspecified atom stereocenters. The van der Waals surface area contributed by atoms with Gasteiger partial charge in [0, 0.05) is 41.5 Å². The number of amides is 2. The molecule has 2 heterocycles. The third kappa shape index (κ3) is 7.78. The van der Waals surface area contributed by atoms with Crippen LogP contribution in [0.15, 0.2) is 24.3 Å². The molecule has 1 aromatic rings. The molecular formula is C28H43ClN3O7P. The first-order valence-electron chi connectivity index (χ1n) is 14.5. The van der Waals surface area contributed by atoms with Crippen molar-refractivity contribution in [1.29, 1.82) is 0 Å². The molecule has 1 aromatic carbocycles. The first-order chi connectivity index (χ1) is 19.2. The molecule has 3 aliphatic rings. The van der Waals surface area contributed by atoms with E-state index in [2.05, 4.69) is 16.0 Å². The van der Waals surface area contributed by atoms with Crippen LogP contribution in [0.4, 0.5) is 4.79 Å². The van der Waals surface area contributed by atoms with Crippen molar-refractivity contribution in [3.05, 3.63) is 34.9 Å². The maximum atomic E-state index is 13.5. The summed E-state index contributed by atoms with van der Waals surface area (Å²) in [6.07, 6.45) is 6.08. The first-order valence-corrected chi connectivity index (χ1v) is 16.5. The van der Waals surface area contributed by atoms with Gasteiger partial charge in [0.05, 0.1) is 13.2 Å². The zero-order valence-corrected chi connectivity index (χ0v) is 25.0. The molecule has 0 bridgehead atoms. The molecule has 0 aromatic heterocycles. The Kier molecular flexibility index (Phi) is 11.3. The van der Waals surface area contributed by atoms with E-state index in [0.29, 0.717) is 23.9 Å². The van der Waals surface area contributed by atoms with Gasteiger partial charge in [0.25, 0.3) is 0 Å². The van der Waals surface area contributed by atoms with E-state index in [9.17, 15) is 19.3 Å². The van der Waals surface area contributed by atoms with Gasteiger partial charge in [-0.3, -0.25) is 9.36 Å². The minimum absolute atomic E-state index is 0.0694. The Labute approximate surface area is 241 Å². The Morgan fingerprint density at radius 3 is 2.60 bits per heavy atom. The van der Waals surface area contributed by atoms with E-state index in [1.807, 2.05) is 6.07 Å². The highest BCUT2D eigenvalue weighted by Crippen LogP contribution is 2.54. The molecule has 3 fully saturated rings. The lowest BCUT2D eigenvalue weighted by molar-refractivity contribution is -0.124. The van der Waals surface area contributed by atoms with Gasteiger partial charge in [-0.2, -0.15) is 0 Å². The molecule has 4 N–H and O–H groups in total. The largest absolute Gasteiger partial charge is 0.445 e. The van der Waals surface area contributed by atoms with Gasteiger partial charge in [-0.1, -0.05) is 55.8 Å².